The third-order valence-electron chi connectivity index (χ3n) is 3.20. The van der Waals surface area contributed by atoms with Crippen molar-refractivity contribution in [3.8, 4) is 0 Å². The van der Waals surface area contributed by atoms with Crippen LogP contribution in [0, 0.1) is 0 Å². The summed E-state index contributed by atoms with van der Waals surface area (Å²) in [4.78, 5) is 12.3. The van der Waals surface area contributed by atoms with Crippen molar-refractivity contribution in [2.75, 3.05) is 19.0 Å². The summed E-state index contributed by atoms with van der Waals surface area (Å²) in [7, 11) is 1.73. The Hall–Kier alpha value is -1.80. The predicted molar refractivity (Wildman–Crippen MR) is 65.4 cm³/mol. The van der Waals surface area contributed by atoms with E-state index in [0.29, 0.717) is 17.0 Å². The first-order valence-electron chi connectivity index (χ1n) is 6.00. The lowest BCUT2D eigenvalue weighted by Gasteiger charge is -2.15. The lowest BCUT2D eigenvalue weighted by atomic mass is 10.2. The van der Waals surface area contributed by atoms with Gasteiger partial charge in [-0.15, -0.1) is 0 Å². The predicted octanol–water partition coefficient (Wildman–Crippen LogP) is 0.486. The highest BCUT2D eigenvalue weighted by Crippen LogP contribution is 2.33. The van der Waals surface area contributed by atoms with Gasteiger partial charge < -0.3 is 15.2 Å². The van der Waals surface area contributed by atoms with Gasteiger partial charge in [0.05, 0.1) is 19.0 Å². The number of fused-ring (bicyclic) bond motifs is 1. The molecule has 2 aromatic rings. The van der Waals surface area contributed by atoms with E-state index in [0.717, 1.165) is 0 Å². The quantitative estimate of drug-likeness (QED) is 0.841. The van der Waals surface area contributed by atoms with Gasteiger partial charge in [-0.25, -0.2) is 19.3 Å². The molecule has 3 heterocycles. The highest BCUT2D eigenvalue weighted by atomic mass is 19.1. The number of nitrogens with one attached hydrogen (secondary N) is 1. The number of aromatic nitrogens is 4. The molecule has 2 N–H and O–H groups in total. The molecule has 7 nitrogen and oxygen atoms in total. The maximum Gasteiger partial charge on any atom is 0.168 e. The number of rotatable bonds is 3. The third kappa shape index (κ3) is 1.92. The number of ether oxygens (including phenoxy) is 1. The monoisotopic (exact) mass is 267 g/mol. The van der Waals surface area contributed by atoms with E-state index in [1.807, 2.05) is 0 Å². The Bertz CT molecular complexity index is 589. The molecule has 102 valence electrons. The molecule has 0 aromatic carbocycles. The molecule has 8 heteroatoms. The Morgan fingerprint density at radius 1 is 1.53 bits per heavy atom. The van der Waals surface area contributed by atoms with Crippen molar-refractivity contribution in [2.24, 2.45) is 0 Å². The van der Waals surface area contributed by atoms with Gasteiger partial charge in [0.2, 0.25) is 0 Å². The normalized spacial score (nSPS) is 27.0. The molecule has 0 saturated carbocycles. The highest BCUT2D eigenvalue weighted by Gasteiger charge is 2.37. The van der Waals surface area contributed by atoms with E-state index in [1.165, 1.54) is 17.2 Å². The van der Waals surface area contributed by atoms with Crippen LogP contribution in [-0.2, 0) is 4.74 Å². The maximum absolute atomic E-state index is 14.0. The summed E-state index contributed by atoms with van der Waals surface area (Å²) in [6.07, 6.45) is 0.562. The first-order chi connectivity index (χ1) is 9.24. The van der Waals surface area contributed by atoms with Gasteiger partial charge >= 0.3 is 0 Å². The molecule has 0 aliphatic carbocycles. The molecule has 19 heavy (non-hydrogen) atoms. The largest absolute Gasteiger partial charge is 0.394 e. The topological polar surface area (TPSA) is 85.1 Å². The van der Waals surface area contributed by atoms with Crippen LogP contribution in [0.1, 0.15) is 12.6 Å². The second kappa shape index (κ2) is 4.71. The molecule has 3 unspecified atom stereocenters. The van der Waals surface area contributed by atoms with Crippen LogP contribution >= 0.6 is 0 Å². The van der Waals surface area contributed by atoms with Crippen LogP contribution in [0.4, 0.5) is 10.2 Å². The molecular weight excluding hydrogens is 253 g/mol. The highest BCUT2D eigenvalue weighted by molar-refractivity contribution is 5.82. The van der Waals surface area contributed by atoms with Gasteiger partial charge in [0.25, 0.3) is 0 Å². The summed E-state index contributed by atoms with van der Waals surface area (Å²) >= 11 is 0. The standard InChI is InChI=1S/C11H14FN5O2/c1-13-9-8-10(15-4-14-9)17(5-16-8)11-7(12)2-6(3-18)19-11/h4-7,11,18H,2-3H2,1H3,(H,13,14,15). The minimum Gasteiger partial charge on any atom is -0.394 e. The minimum absolute atomic E-state index is 0.171. The van der Waals surface area contributed by atoms with Crippen molar-refractivity contribution in [3.05, 3.63) is 12.7 Å². The van der Waals surface area contributed by atoms with Crippen molar-refractivity contribution in [1.29, 1.82) is 0 Å². The number of hydrogen-bond donors (Lipinski definition) is 2. The van der Waals surface area contributed by atoms with Gasteiger partial charge in [0.15, 0.2) is 17.7 Å². The van der Waals surface area contributed by atoms with Crippen molar-refractivity contribution in [1.82, 2.24) is 19.5 Å². The number of halogens is 1. The summed E-state index contributed by atoms with van der Waals surface area (Å²) < 4.78 is 21.0. The van der Waals surface area contributed by atoms with Gasteiger partial charge in [-0.1, -0.05) is 0 Å². The summed E-state index contributed by atoms with van der Waals surface area (Å²) in [5.41, 5.74) is 1.07. The van der Waals surface area contributed by atoms with Gasteiger partial charge in [0.1, 0.15) is 18.0 Å². The van der Waals surface area contributed by atoms with E-state index in [1.54, 1.807) is 7.05 Å². The fourth-order valence-corrected chi connectivity index (χ4v) is 2.28. The average Bonchev–Trinajstić information content (AvgIpc) is 3.01. The smallest absolute Gasteiger partial charge is 0.168 e. The first kappa shape index (κ1) is 12.2. The molecule has 1 aliphatic heterocycles. The molecule has 0 bridgehead atoms. The Labute approximate surface area is 108 Å². The minimum atomic E-state index is -1.19. The fraction of sp³-hybridized carbons (Fsp3) is 0.545. The van der Waals surface area contributed by atoms with Crippen molar-refractivity contribution in [2.45, 2.75) is 24.9 Å². The van der Waals surface area contributed by atoms with Crippen LogP contribution < -0.4 is 5.32 Å². The number of hydrogen-bond acceptors (Lipinski definition) is 6. The Morgan fingerprint density at radius 3 is 3.05 bits per heavy atom. The van der Waals surface area contributed by atoms with Gasteiger partial charge in [-0.05, 0) is 0 Å². The molecule has 3 atom stereocenters. The van der Waals surface area contributed by atoms with Crippen LogP contribution in [0.25, 0.3) is 11.2 Å². The van der Waals surface area contributed by atoms with Crippen molar-refractivity contribution >= 4 is 17.0 Å². The van der Waals surface area contributed by atoms with Gasteiger partial charge in [-0.3, -0.25) is 4.57 Å². The Balaban J connectivity index is 2.02. The Morgan fingerprint density at radius 2 is 2.37 bits per heavy atom. The van der Waals surface area contributed by atoms with Crippen LogP contribution in [0.5, 0.6) is 0 Å². The van der Waals surface area contributed by atoms with Crippen LogP contribution in [0.2, 0.25) is 0 Å². The number of aliphatic hydroxyl groups excluding tert-OH is 1. The molecule has 1 aliphatic rings. The van der Waals surface area contributed by atoms with Crippen molar-refractivity contribution < 1.29 is 14.2 Å². The molecule has 2 aromatic heterocycles. The van der Waals surface area contributed by atoms with E-state index in [2.05, 4.69) is 20.3 Å². The second-order valence-corrected chi connectivity index (χ2v) is 4.38. The summed E-state index contributed by atoms with van der Waals surface area (Å²) in [6.45, 7) is -0.194. The maximum atomic E-state index is 14.0. The zero-order valence-electron chi connectivity index (χ0n) is 10.3. The number of nitrogens with zero attached hydrogens (tertiary/aromatic N) is 4. The number of imidazole rings is 1. The molecule has 0 radical (unpaired) electrons. The summed E-state index contributed by atoms with van der Waals surface area (Å²) in [5.74, 6) is 0.580. The molecule has 0 spiro atoms. The van der Waals surface area contributed by atoms with Crippen LogP contribution in [-0.4, -0.2) is 50.6 Å². The fourth-order valence-electron chi connectivity index (χ4n) is 2.28. The second-order valence-electron chi connectivity index (χ2n) is 4.38. The van der Waals surface area contributed by atoms with E-state index in [-0.39, 0.29) is 13.0 Å². The molecule has 1 saturated heterocycles. The molecule has 3 rings (SSSR count). The third-order valence-corrected chi connectivity index (χ3v) is 3.20. The first-order valence-corrected chi connectivity index (χ1v) is 6.00. The van der Waals surface area contributed by atoms with Gasteiger partial charge in [-0.2, -0.15) is 0 Å². The molecule has 0 amide bonds. The SMILES string of the molecule is CNc1ncnc2c1ncn2C1OC(CO)CC1F. The number of aliphatic hydroxyl groups is 1. The Kier molecular flexibility index (Phi) is 3.03. The summed E-state index contributed by atoms with van der Waals surface area (Å²) in [5, 5.41) is 11.9. The van der Waals surface area contributed by atoms with E-state index in [9.17, 15) is 4.39 Å². The van der Waals surface area contributed by atoms with Crippen molar-refractivity contribution in [3.63, 3.8) is 0 Å². The number of alkyl halides is 1. The zero-order valence-corrected chi connectivity index (χ0v) is 10.3. The van der Waals surface area contributed by atoms with Crippen LogP contribution in [0.3, 0.4) is 0 Å². The number of anilines is 1. The van der Waals surface area contributed by atoms with E-state index >= 15 is 0 Å². The lowest BCUT2D eigenvalue weighted by molar-refractivity contribution is -0.0351. The zero-order chi connectivity index (χ0) is 13.4. The van der Waals surface area contributed by atoms with E-state index < -0.39 is 18.5 Å². The van der Waals surface area contributed by atoms with E-state index in [4.69, 9.17) is 9.84 Å². The summed E-state index contributed by atoms with van der Waals surface area (Å²) in [6, 6.07) is 0. The molecule has 1 fully saturated rings. The average molecular weight is 267 g/mol. The lowest BCUT2D eigenvalue weighted by Crippen LogP contribution is -2.16. The van der Waals surface area contributed by atoms with Gasteiger partial charge in [0, 0.05) is 13.5 Å². The molecular formula is C11H14FN5O2. The van der Waals surface area contributed by atoms with Crippen LogP contribution in [0.15, 0.2) is 12.7 Å².